The van der Waals surface area contributed by atoms with Gasteiger partial charge in [0.15, 0.2) is 0 Å². The third-order valence-electron chi connectivity index (χ3n) is 5.41. The zero-order valence-electron chi connectivity index (χ0n) is 17.3. The molecule has 0 aliphatic heterocycles. The number of alkyl halides is 3. The number of carbonyl (C=O) groups is 1. The number of hydrogen-bond acceptors (Lipinski definition) is 4. The molecular formula is C22H21F3N4O3S. The molecule has 1 heterocycles. The van der Waals surface area contributed by atoms with Crippen LogP contribution in [-0.4, -0.2) is 30.1 Å². The molecule has 0 atom stereocenters. The van der Waals surface area contributed by atoms with E-state index in [1.165, 1.54) is 41.3 Å². The Morgan fingerprint density at radius 1 is 1.06 bits per heavy atom. The van der Waals surface area contributed by atoms with Crippen LogP contribution < -0.4 is 10.0 Å². The lowest BCUT2D eigenvalue weighted by atomic mass is 10.1. The van der Waals surface area contributed by atoms with Crippen LogP contribution in [0, 0.1) is 0 Å². The largest absolute Gasteiger partial charge is 0.418 e. The molecule has 1 aliphatic carbocycles. The third-order valence-corrected chi connectivity index (χ3v) is 6.93. The first-order chi connectivity index (χ1) is 15.6. The molecule has 0 bridgehead atoms. The highest BCUT2D eigenvalue weighted by Crippen LogP contribution is 2.36. The predicted octanol–water partition coefficient (Wildman–Crippen LogP) is 4.36. The van der Waals surface area contributed by atoms with E-state index in [0.717, 1.165) is 43.9 Å². The van der Waals surface area contributed by atoms with Gasteiger partial charge in [-0.15, -0.1) is 0 Å². The van der Waals surface area contributed by atoms with E-state index in [9.17, 15) is 26.4 Å². The van der Waals surface area contributed by atoms with Gasteiger partial charge in [0, 0.05) is 24.0 Å². The standard InChI is InChI=1S/C22H21F3N4O3S/c23-22(24,25)19-14-17(29-12-4-11-26-29)9-10-20(19)27-21(30)15-5-3-8-18(13-15)33(31,32)28-16-6-1-2-7-16/h3-5,8-14,16,28H,1-2,6-7H2,(H,27,30). The van der Waals surface area contributed by atoms with Crippen molar-refractivity contribution < 1.29 is 26.4 Å². The van der Waals surface area contributed by atoms with Crippen molar-refractivity contribution in [2.45, 2.75) is 42.8 Å². The molecule has 2 aromatic carbocycles. The molecule has 1 aromatic heterocycles. The van der Waals surface area contributed by atoms with Crippen LogP contribution >= 0.6 is 0 Å². The number of rotatable bonds is 6. The number of carbonyl (C=O) groups excluding carboxylic acids is 1. The van der Waals surface area contributed by atoms with Gasteiger partial charge in [0.2, 0.25) is 10.0 Å². The van der Waals surface area contributed by atoms with E-state index in [1.54, 1.807) is 6.07 Å². The molecule has 0 radical (unpaired) electrons. The first-order valence-electron chi connectivity index (χ1n) is 10.3. The summed E-state index contributed by atoms with van der Waals surface area (Å²) in [5.74, 6) is -0.856. The Hall–Kier alpha value is -3.18. The minimum Gasteiger partial charge on any atom is -0.321 e. The van der Waals surface area contributed by atoms with Crippen molar-refractivity contribution in [3.8, 4) is 5.69 Å². The number of benzene rings is 2. The van der Waals surface area contributed by atoms with Gasteiger partial charge in [-0.1, -0.05) is 18.9 Å². The molecule has 1 saturated carbocycles. The summed E-state index contributed by atoms with van der Waals surface area (Å²) in [4.78, 5) is 12.6. The van der Waals surface area contributed by atoms with Gasteiger partial charge < -0.3 is 5.32 Å². The fourth-order valence-electron chi connectivity index (χ4n) is 3.77. The highest BCUT2D eigenvalue weighted by molar-refractivity contribution is 7.89. The number of halogens is 3. The lowest BCUT2D eigenvalue weighted by molar-refractivity contribution is -0.136. The molecular weight excluding hydrogens is 457 g/mol. The zero-order chi connectivity index (χ0) is 23.6. The van der Waals surface area contributed by atoms with Gasteiger partial charge in [-0.3, -0.25) is 4.79 Å². The normalized spacial score (nSPS) is 15.0. The molecule has 0 saturated heterocycles. The monoisotopic (exact) mass is 478 g/mol. The van der Waals surface area contributed by atoms with Gasteiger partial charge >= 0.3 is 6.18 Å². The van der Waals surface area contributed by atoms with Crippen molar-refractivity contribution in [3.05, 3.63) is 72.1 Å². The minimum absolute atomic E-state index is 0.0754. The van der Waals surface area contributed by atoms with Crippen LogP contribution in [0.1, 0.15) is 41.6 Å². The van der Waals surface area contributed by atoms with Crippen LogP contribution in [0.5, 0.6) is 0 Å². The SMILES string of the molecule is O=C(Nc1ccc(-n2cccn2)cc1C(F)(F)F)c1cccc(S(=O)(=O)NC2CCCC2)c1. The molecule has 11 heteroatoms. The minimum atomic E-state index is -4.73. The number of aromatic nitrogens is 2. The fourth-order valence-corrected chi connectivity index (χ4v) is 5.12. The Kier molecular flexibility index (Phi) is 6.26. The van der Waals surface area contributed by atoms with Crippen LogP contribution in [0.2, 0.25) is 0 Å². The lowest BCUT2D eigenvalue weighted by Gasteiger charge is -2.16. The summed E-state index contributed by atoms with van der Waals surface area (Å²) in [6.45, 7) is 0. The van der Waals surface area contributed by atoms with E-state index in [4.69, 9.17) is 0 Å². The topological polar surface area (TPSA) is 93.1 Å². The van der Waals surface area contributed by atoms with Crippen LogP contribution in [0.4, 0.5) is 18.9 Å². The molecule has 0 spiro atoms. The maximum absolute atomic E-state index is 13.7. The Morgan fingerprint density at radius 2 is 1.82 bits per heavy atom. The number of nitrogens with one attached hydrogen (secondary N) is 2. The van der Waals surface area contributed by atoms with Gasteiger partial charge in [-0.25, -0.2) is 17.8 Å². The Bertz CT molecular complexity index is 1250. The van der Waals surface area contributed by atoms with Crippen molar-refractivity contribution in [1.29, 1.82) is 0 Å². The number of anilines is 1. The predicted molar refractivity (Wildman–Crippen MR) is 116 cm³/mol. The van der Waals surface area contributed by atoms with E-state index >= 15 is 0 Å². The van der Waals surface area contributed by atoms with Crippen LogP contribution in [0.25, 0.3) is 5.69 Å². The lowest BCUT2D eigenvalue weighted by Crippen LogP contribution is -2.32. The van der Waals surface area contributed by atoms with Gasteiger partial charge in [0.25, 0.3) is 5.91 Å². The molecule has 1 fully saturated rings. The average Bonchev–Trinajstić information content (AvgIpc) is 3.47. The maximum Gasteiger partial charge on any atom is 0.418 e. The van der Waals surface area contributed by atoms with E-state index in [-0.39, 0.29) is 22.2 Å². The highest BCUT2D eigenvalue weighted by Gasteiger charge is 2.34. The highest BCUT2D eigenvalue weighted by atomic mass is 32.2. The van der Waals surface area contributed by atoms with Crippen LogP contribution in [0.15, 0.2) is 65.8 Å². The second-order valence-electron chi connectivity index (χ2n) is 7.76. The number of amides is 1. The van der Waals surface area contributed by atoms with Crippen molar-refractivity contribution >= 4 is 21.6 Å². The second-order valence-corrected chi connectivity index (χ2v) is 9.48. The molecule has 3 aromatic rings. The van der Waals surface area contributed by atoms with Gasteiger partial charge in [0.1, 0.15) is 0 Å². The molecule has 33 heavy (non-hydrogen) atoms. The summed E-state index contributed by atoms with van der Waals surface area (Å²) >= 11 is 0. The quantitative estimate of drug-likeness (QED) is 0.551. The Labute approximate surface area is 188 Å². The Balaban J connectivity index is 1.59. The molecule has 7 nitrogen and oxygen atoms in total. The first-order valence-corrected chi connectivity index (χ1v) is 11.8. The average molecular weight is 478 g/mol. The molecule has 1 amide bonds. The molecule has 2 N–H and O–H groups in total. The number of hydrogen-bond donors (Lipinski definition) is 2. The van der Waals surface area contributed by atoms with Gasteiger partial charge in [-0.05, 0) is 55.3 Å². The summed E-state index contributed by atoms with van der Waals surface area (Å²) in [6.07, 6.45) is 1.57. The third kappa shape index (κ3) is 5.25. The molecule has 0 unspecified atom stereocenters. The molecule has 1 aliphatic rings. The van der Waals surface area contributed by atoms with E-state index in [2.05, 4.69) is 15.1 Å². The van der Waals surface area contributed by atoms with Crippen molar-refractivity contribution in [2.24, 2.45) is 0 Å². The van der Waals surface area contributed by atoms with Gasteiger partial charge in [-0.2, -0.15) is 18.3 Å². The summed E-state index contributed by atoms with van der Waals surface area (Å²) in [6, 6.07) is 10.0. The van der Waals surface area contributed by atoms with Crippen molar-refractivity contribution in [2.75, 3.05) is 5.32 Å². The first kappa shape index (κ1) is 23.0. The zero-order valence-corrected chi connectivity index (χ0v) is 18.2. The molecule has 174 valence electrons. The fraction of sp³-hybridized carbons (Fsp3) is 0.273. The van der Waals surface area contributed by atoms with Crippen molar-refractivity contribution in [3.63, 3.8) is 0 Å². The van der Waals surface area contributed by atoms with E-state index < -0.39 is 33.4 Å². The number of sulfonamides is 1. The maximum atomic E-state index is 13.7. The van der Waals surface area contributed by atoms with Crippen LogP contribution in [-0.2, 0) is 16.2 Å². The molecule has 4 rings (SSSR count). The van der Waals surface area contributed by atoms with Gasteiger partial charge in [0.05, 0.1) is 21.8 Å². The summed E-state index contributed by atoms with van der Waals surface area (Å²) < 4.78 is 70.2. The van der Waals surface area contributed by atoms with Crippen molar-refractivity contribution in [1.82, 2.24) is 14.5 Å². The summed E-state index contributed by atoms with van der Waals surface area (Å²) in [5.41, 5.74) is -1.39. The Morgan fingerprint density at radius 3 is 2.48 bits per heavy atom. The summed E-state index contributed by atoms with van der Waals surface area (Å²) in [7, 11) is -3.85. The number of nitrogens with zero attached hydrogens (tertiary/aromatic N) is 2. The smallest absolute Gasteiger partial charge is 0.321 e. The van der Waals surface area contributed by atoms with Crippen LogP contribution in [0.3, 0.4) is 0 Å². The second kappa shape index (κ2) is 8.99. The van der Waals surface area contributed by atoms with E-state index in [1.807, 2.05) is 0 Å². The van der Waals surface area contributed by atoms with E-state index in [0.29, 0.717) is 0 Å². The summed E-state index contributed by atoms with van der Waals surface area (Å²) in [5, 5.41) is 6.17.